The molecule has 15 nitrogen and oxygen atoms in total. The number of piperidine rings is 1. The van der Waals surface area contributed by atoms with Gasteiger partial charge in [0, 0.05) is 55.0 Å². The van der Waals surface area contributed by atoms with Gasteiger partial charge in [-0.25, -0.2) is 4.98 Å². The zero-order valence-electron chi connectivity index (χ0n) is 42.6. The highest BCUT2D eigenvalue weighted by atomic mass is 32.1. The van der Waals surface area contributed by atoms with Crippen molar-refractivity contribution in [2.45, 2.75) is 124 Å². The van der Waals surface area contributed by atoms with Crippen LogP contribution in [0.15, 0.2) is 72.2 Å². The Labute approximate surface area is 428 Å². The molecule has 3 fully saturated rings. The first-order valence-electron chi connectivity index (χ1n) is 24.6. The Bertz CT molecular complexity index is 2640. The molecule has 2 aliphatic heterocycles. The van der Waals surface area contributed by atoms with Crippen LogP contribution in [-0.4, -0.2) is 119 Å². The maximum Gasteiger partial charge on any atom is 0.417 e. The number of aromatic nitrogens is 1. The highest BCUT2D eigenvalue weighted by molar-refractivity contribution is 7.13. The molecule has 19 heteroatoms. The number of rotatable bonds is 17. The van der Waals surface area contributed by atoms with Gasteiger partial charge in [0.05, 0.1) is 58.6 Å². The van der Waals surface area contributed by atoms with Crippen molar-refractivity contribution in [1.82, 2.24) is 30.7 Å². The average Bonchev–Trinajstić information content (AvgIpc) is 3.96. The number of nitriles is 1. The number of nitrogens with zero attached hydrogens (tertiary/aromatic N) is 4. The molecular weight excluding hydrogens is 964 g/mol. The number of benzene rings is 3. The molecule has 0 spiro atoms. The van der Waals surface area contributed by atoms with Gasteiger partial charge in [-0.2, -0.15) is 18.4 Å². The summed E-state index contributed by atoms with van der Waals surface area (Å²) in [6.45, 7) is 17.2. The normalized spacial score (nSPS) is 21.3. The molecule has 0 bridgehead atoms. The quantitative estimate of drug-likeness (QED) is 0.0776. The Morgan fingerprint density at radius 1 is 0.945 bits per heavy atom. The number of aliphatic hydroxyl groups is 1. The number of β-amino-alcohol motifs (C(OH)–C–C–N with tert-alkyl or cyclic N) is 1. The lowest BCUT2D eigenvalue weighted by atomic mass is 9.49. The van der Waals surface area contributed by atoms with E-state index in [1.165, 1.54) is 11.0 Å². The van der Waals surface area contributed by atoms with Crippen LogP contribution in [0.3, 0.4) is 0 Å². The van der Waals surface area contributed by atoms with Crippen molar-refractivity contribution in [3.63, 3.8) is 0 Å². The summed E-state index contributed by atoms with van der Waals surface area (Å²) in [6.07, 6.45) is -4.71. The monoisotopic (exact) mass is 1030 g/mol. The van der Waals surface area contributed by atoms with E-state index >= 15 is 0 Å². The first kappa shape index (κ1) is 54.7. The minimum absolute atomic E-state index is 0.00820. The first-order valence-corrected chi connectivity index (χ1v) is 25.5. The van der Waals surface area contributed by atoms with Gasteiger partial charge in [-0.1, -0.05) is 72.7 Å². The van der Waals surface area contributed by atoms with Gasteiger partial charge < -0.3 is 40.2 Å². The number of likely N-dealkylation sites (tertiary alicyclic amines) is 2. The smallest absolute Gasteiger partial charge is 0.417 e. The van der Waals surface area contributed by atoms with Crippen LogP contribution in [0.4, 0.5) is 13.2 Å². The van der Waals surface area contributed by atoms with Crippen LogP contribution in [-0.2, 0) is 31.8 Å². The lowest BCUT2D eigenvalue weighted by Crippen LogP contribution is -2.74. The van der Waals surface area contributed by atoms with Gasteiger partial charge in [0.25, 0.3) is 5.91 Å². The molecule has 73 heavy (non-hydrogen) atoms. The second-order valence-electron chi connectivity index (χ2n) is 21.5. The highest BCUT2D eigenvalue weighted by Crippen LogP contribution is 2.56. The largest absolute Gasteiger partial charge is 0.491 e. The molecular formula is C54H66F3N7O8S. The Hall–Kier alpha value is -6.07. The molecule has 7 rings (SSSR count). The fraction of sp³-hybridized carbons (Fsp3) is 0.519. The van der Waals surface area contributed by atoms with Crippen molar-refractivity contribution in [1.29, 1.82) is 5.26 Å². The molecule has 3 atom stereocenters. The van der Waals surface area contributed by atoms with Gasteiger partial charge >= 0.3 is 6.18 Å². The van der Waals surface area contributed by atoms with E-state index in [4.69, 9.17) is 19.5 Å². The molecule has 1 aliphatic carbocycles. The van der Waals surface area contributed by atoms with E-state index in [0.717, 1.165) is 33.8 Å². The van der Waals surface area contributed by atoms with Crippen LogP contribution < -0.4 is 25.4 Å². The van der Waals surface area contributed by atoms with Gasteiger partial charge in [-0.15, -0.1) is 11.3 Å². The number of thiazole rings is 1. The summed E-state index contributed by atoms with van der Waals surface area (Å²) in [4.78, 5) is 63.4. The number of carbonyl (C=O) groups excluding carboxylic acids is 4. The minimum Gasteiger partial charge on any atom is -0.491 e. The van der Waals surface area contributed by atoms with Crippen LogP contribution in [0, 0.1) is 34.5 Å². The highest BCUT2D eigenvalue weighted by Gasteiger charge is 2.64. The van der Waals surface area contributed by atoms with Gasteiger partial charge in [-0.3, -0.25) is 24.1 Å². The first-order chi connectivity index (χ1) is 34.4. The fourth-order valence-corrected chi connectivity index (χ4v) is 11.4. The molecule has 4 N–H and O–H groups in total. The number of hydrogen-bond acceptors (Lipinski definition) is 12. The second kappa shape index (κ2) is 22.2. The number of ether oxygens (including phenoxy) is 3. The van der Waals surface area contributed by atoms with E-state index in [0.29, 0.717) is 43.9 Å². The Morgan fingerprint density at radius 3 is 2.21 bits per heavy atom. The predicted molar refractivity (Wildman–Crippen MR) is 268 cm³/mol. The zero-order valence-corrected chi connectivity index (χ0v) is 43.4. The van der Waals surface area contributed by atoms with E-state index in [9.17, 15) is 37.5 Å². The summed E-state index contributed by atoms with van der Waals surface area (Å²) in [7, 11) is 0. The number of aryl methyl sites for hydroxylation is 1. The molecule has 392 valence electrons. The van der Waals surface area contributed by atoms with Crippen molar-refractivity contribution in [3.05, 3.63) is 100 Å². The molecule has 0 radical (unpaired) electrons. The number of carbonyl (C=O) groups is 4. The van der Waals surface area contributed by atoms with Crippen LogP contribution in [0.25, 0.3) is 10.4 Å². The predicted octanol–water partition coefficient (Wildman–Crippen LogP) is 7.29. The lowest BCUT2D eigenvalue weighted by molar-refractivity contribution is -0.164. The molecule has 3 aromatic carbocycles. The molecule has 4 aromatic rings. The molecule has 3 heterocycles. The second-order valence-corrected chi connectivity index (χ2v) is 22.4. The maximum absolute atomic E-state index is 14.1. The summed E-state index contributed by atoms with van der Waals surface area (Å²) in [5.41, 5.74) is 1.55. The lowest BCUT2D eigenvalue weighted by Gasteiger charge is -2.63. The van der Waals surface area contributed by atoms with E-state index < -0.39 is 63.7 Å². The Kier molecular flexibility index (Phi) is 16.6. The van der Waals surface area contributed by atoms with Crippen LogP contribution in [0.2, 0.25) is 0 Å². The number of alkyl halides is 3. The molecule has 4 amide bonds. The van der Waals surface area contributed by atoms with E-state index in [1.807, 2.05) is 84.6 Å². The maximum atomic E-state index is 14.1. The topological polar surface area (TPSA) is 195 Å². The van der Waals surface area contributed by atoms with Crippen LogP contribution >= 0.6 is 11.3 Å². The zero-order chi connectivity index (χ0) is 53.0. The van der Waals surface area contributed by atoms with Crippen molar-refractivity contribution in [2.24, 2.45) is 16.2 Å². The third-order valence-electron chi connectivity index (χ3n) is 14.2. The molecule has 1 aromatic heterocycles. The molecule has 1 saturated carbocycles. The van der Waals surface area contributed by atoms with Gasteiger partial charge in [-0.05, 0) is 78.8 Å². The number of amides is 4. The van der Waals surface area contributed by atoms with Crippen molar-refractivity contribution in [2.75, 3.05) is 39.4 Å². The van der Waals surface area contributed by atoms with E-state index in [2.05, 4.69) is 20.9 Å². The third-order valence-corrected chi connectivity index (χ3v) is 15.2. The van der Waals surface area contributed by atoms with Crippen molar-refractivity contribution in [3.8, 4) is 28.0 Å². The molecule has 3 aliphatic rings. The summed E-state index contributed by atoms with van der Waals surface area (Å²) in [5.74, 6) is -0.885. The molecule has 1 unspecified atom stereocenters. The number of hydrogen-bond donors (Lipinski definition) is 4. The minimum atomic E-state index is -4.72. The van der Waals surface area contributed by atoms with Crippen LogP contribution in [0.5, 0.6) is 11.5 Å². The van der Waals surface area contributed by atoms with E-state index in [1.54, 1.807) is 47.2 Å². The third kappa shape index (κ3) is 12.8. The summed E-state index contributed by atoms with van der Waals surface area (Å²) >= 11 is 1.57. The summed E-state index contributed by atoms with van der Waals surface area (Å²) < 4.78 is 58.9. The van der Waals surface area contributed by atoms with E-state index in [-0.39, 0.29) is 68.3 Å². The fourth-order valence-electron chi connectivity index (χ4n) is 10.6. The average molecular weight is 1030 g/mol. The van der Waals surface area contributed by atoms with Crippen molar-refractivity contribution < 1.29 is 51.7 Å². The van der Waals surface area contributed by atoms with Gasteiger partial charge in [0.2, 0.25) is 17.7 Å². The van der Waals surface area contributed by atoms with Gasteiger partial charge in [0.15, 0.2) is 0 Å². The number of aliphatic hydroxyl groups excluding tert-OH is 1. The molecule has 2 saturated heterocycles. The summed E-state index contributed by atoms with van der Waals surface area (Å²) in [6, 6.07) is 17.2. The summed E-state index contributed by atoms with van der Waals surface area (Å²) in [5, 5.41) is 28.8. The number of nitrogens with one attached hydrogen (secondary N) is 3. The standard InChI is InChI=1S/C54H66F3N7O8S/c1-32-44(73-31-60-32)34-11-9-33(10-12-34)28-59-47(68)42-25-37(65)29-64(42)48(69)45(51(2,3)4)61-43(66)30-63-21-19-39(20-22-63)71-24-23-70-38-16-13-35(14-17-38)46(67)62-49-52(5,6)50(53(49,7)8)72-40-18-15-36(27-58)41(26-40)54(55,56)57/h9-18,26,31,37,39,42,45,49-50,65H,19-25,28-30H2,1-8H3,(H,59,68)(H,61,66)(H,62,67)/t37-,42+,45?,49?,50?/m1/s1. The SMILES string of the molecule is Cc1ncsc1-c1ccc(CNC(=O)[C@@H]2C[C@@H](O)CN2C(=O)C(NC(=O)CN2CCC(OCCOc3ccc(C(=O)NC4C(C)(C)C(Oc5ccc(C#N)c(C(F)(F)F)c5)C4(C)C)cc3)CC2)C(C)(C)C)cc1. The number of halogens is 3. The van der Waals surface area contributed by atoms with Crippen molar-refractivity contribution >= 4 is 35.0 Å². The van der Waals surface area contributed by atoms with Gasteiger partial charge in [0.1, 0.15) is 36.3 Å². The van der Waals surface area contributed by atoms with Crippen LogP contribution in [0.1, 0.15) is 100 Å². The Balaban J connectivity index is 0.813. The Morgan fingerprint density at radius 2 is 1.60 bits per heavy atom.